The second kappa shape index (κ2) is 11.7. The fourth-order valence-electron chi connectivity index (χ4n) is 3.98. The van der Waals surface area contributed by atoms with Crippen molar-refractivity contribution in [3.05, 3.63) is 93.7 Å². The summed E-state index contributed by atoms with van der Waals surface area (Å²) >= 11 is 3.50. The number of carbonyl (C=O) groups excluding carboxylic acids is 1. The van der Waals surface area contributed by atoms with Gasteiger partial charge in [-0.25, -0.2) is 4.39 Å². The van der Waals surface area contributed by atoms with Gasteiger partial charge in [-0.1, -0.05) is 30.3 Å². The van der Waals surface area contributed by atoms with E-state index in [0.29, 0.717) is 47.7 Å². The molecule has 4 rings (SSSR count). The van der Waals surface area contributed by atoms with Crippen molar-refractivity contribution in [3.63, 3.8) is 0 Å². The number of nitrogens with zero attached hydrogens (tertiary/aromatic N) is 3. The molecule has 0 atom stereocenters. The number of piperazine rings is 1. The standard InChI is InChI=1S/C28H25BrFN3O3/c1-35-26-17-21(16-25(29)27(26)36-19-20-7-9-23(30)10-8-20)15-22(18-31)28(34)33-13-11-32(12-14-33)24-5-3-2-4-6-24/h2-10,15-17H,11-14,19H2,1H3/b22-15-. The van der Waals surface area contributed by atoms with Gasteiger partial charge in [0.25, 0.3) is 5.91 Å². The molecule has 184 valence electrons. The fraction of sp³-hybridized carbons (Fsp3) is 0.214. The van der Waals surface area contributed by atoms with Gasteiger partial charge in [0.15, 0.2) is 11.5 Å². The summed E-state index contributed by atoms with van der Waals surface area (Å²) in [5.41, 5.74) is 2.61. The van der Waals surface area contributed by atoms with Crippen LogP contribution in [-0.4, -0.2) is 44.1 Å². The average molecular weight is 550 g/mol. The summed E-state index contributed by atoms with van der Waals surface area (Å²) in [6, 6.07) is 21.6. The third kappa shape index (κ3) is 6.04. The van der Waals surface area contributed by atoms with Crippen molar-refractivity contribution in [2.75, 3.05) is 38.2 Å². The zero-order chi connectivity index (χ0) is 25.5. The molecule has 0 saturated carbocycles. The number of hydrogen-bond donors (Lipinski definition) is 0. The Balaban J connectivity index is 1.46. The molecule has 0 N–H and O–H groups in total. The van der Waals surface area contributed by atoms with E-state index in [2.05, 4.69) is 39.0 Å². The van der Waals surface area contributed by atoms with Crippen molar-refractivity contribution < 1.29 is 18.7 Å². The molecule has 3 aromatic rings. The van der Waals surface area contributed by atoms with Gasteiger partial charge in [-0.05, 0) is 69.5 Å². The molecule has 36 heavy (non-hydrogen) atoms. The third-order valence-corrected chi connectivity index (χ3v) is 6.49. The van der Waals surface area contributed by atoms with E-state index in [1.807, 2.05) is 18.2 Å². The number of rotatable bonds is 7. The van der Waals surface area contributed by atoms with Gasteiger partial charge < -0.3 is 19.3 Å². The molecule has 1 aliphatic rings. The molecule has 0 bridgehead atoms. The van der Waals surface area contributed by atoms with Crippen LogP contribution in [0.15, 0.2) is 76.8 Å². The average Bonchev–Trinajstić information content (AvgIpc) is 2.92. The van der Waals surface area contributed by atoms with Crippen molar-refractivity contribution in [3.8, 4) is 17.6 Å². The molecule has 6 nitrogen and oxygen atoms in total. The third-order valence-electron chi connectivity index (χ3n) is 5.90. The number of anilines is 1. The van der Waals surface area contributed by atoms with Gasteiger partial charge in [0, 0.05) is 31.9 Å². The Labute approximate surface area is 218 Å². The highest BCUT2D eigenvalue weighted by Gasteiger charge is 2.24. The van der Waals surface area contributed by atoms with Crippen molar-refractivity contribution >= 4 is 33.6 Å². The largest absolute Gasteiger partial charge is 0.493 e. The Bertz CT molecular complexity index is 1280. The Morgan fingerprint density at radius 1 is 1.08 bits per heavy atom. The Morgan fingerprint density at radius 3 is 2.42 bits per heavy atom. The van der Waals surface area contributed by atoms with Gasteiger partial charge in [-0.15, -0.1) is 0 Å². The molecule has 1 saturated heterocycles. The molecule has 0 radical (unpaired) electrons. The van der Waals surface area contributed by atoms with E-state index >= 15 is 0 Å². The Hall–Kier alpha value is -3.83. The minimum Gasteiger partial charge on any atom is -0.493 e. The van der Waals surface area contributed by atoms with Crippen LogP contribution < -0.4 is 14.4 Å². The SMILES string of the molecule is COc1cc(/C=C(/C#N)C(=O)N2CCN(c3ccccc3)CC2)cc(Br)c1OCc1ccc(F)cc1. The van der Waals surface area contributed by atoms with Gasteiger partial charge in [0.2, 0.25) is 0 Å². The minimum absolute atomic E-state index is 0.0529. The number of nitriles is 1. The first-order valence-corrected chi connectivity index (χ1v) is 12.2. The number of para-hydroxylation sites is 1. The van der Waals surface area contributed by atoms with Crippen LogP contribution in [0.25, 0.3) is 6.08 Å². The van der Waals surface area contributed by atoms with Crippen LogP contribution in [-0.2, 0) is 11.4 Å². The fourth-order valence-corrected chi connectivity index (χ4v) is 4.56. The monoisotopic (exact) mass is 549 g/mol. The van der Waals surface area contributed by atoms with E-state index < -0.39 is 0 Å². The second-order valence-corrected chi connectivity index (χ2v) is 9.09. The first-order chi connectivity index (χ1) is 17.5. The van der Waals surface area contributed by atoms with E-state index in [1.165, 1.54) is 19.2 Å². The molecule has 3 aromatic carbocycles. The number of carbonyl (C=O) groups is 1. The Morgan fingerprint density at radius 2 is 1.78 bits per heavy atom. The number of halogens is 2. The van der Waals surface area contributed by atoms with E-state index in [1.54, 1.807) is 35.2 Å². The molecule has 0 aliphatic carbocycles. The van der Waals surface area contributed by atoms with Gasteiger partial charge in [0.1, 0.15) is 24.1 Å². The van der Waals surface area contributed by atoms with Crippen LogP contribution in [0.5, 0.6) is 11.5 Å². The number of amides is 1. The predicted octanol–water partition coefficient (Wildman–Crippen LogP) is 5.43. The van der Waals surface area contributed by atoms with Crippen molar-refractivity contribution in [1.82, 2.24) is 4.90 Å². The molecule has 1 fully saturated rings. The molecule has 0 unspecified atom stereocenters. The highest BCUT2D eigenvalue weighted by molar-refractivity contribution is 9.10. The molecule has 1 heterocycles. The summed E-state index contributed by atoms with van der Waals surface area (Å²) in [6.45, 7) is 2.70. The summed E-state index contributed by atoms with van der Waals surface area (Å²) in [5, 5.41) is 9.73. The lowest BCUT2D eigenvalue weighted by molar-refractivity contribution is -0.126. The van der Waals surface area contributed by atoms with Gasteiger partial charge in [-0.2, -0.15) is 5.26 Å². The maximum absolute atomic E-state index is 13.1. The summed E-state index contributed by atoms with van der Waals surface area (Å²) in [6.07, 6.45) is 1.56. The van der Waals surface area contributed by atoms with Crippen LogP contribution in [0.4, 0.5) is 10.1 Å². The number of methoxy groups -OCH3 is 1. The maximum atomic E-state index is 13.1. The lowest BCUT2D eigenvalue weighted by Crippen LogP contribution is -2.49. The lowest BCUT2D eigenvalue weighted by atomic mass is 10.1. The van der Waals surface area contributed by atoms with Crippen LogP contribution in [0.2, 0.25) is 0 Å². The van der Waals surface area contributed by atoms with E-state index in [4.69, 9.17) is 9.47 Å². The lowest BCUT2D eigenvalue weighted by Gasteiger charge is -2.36. The summed E-state index contributed by atoms with van der Waals surface area (Å²) < 4.78 is 25.1. The zero-order valence-electron chi connectivity index (χ0n) is 19.8. The molecule has 0 spiro atoms. The van der Waals surface area contributed by atoms with E-state index in [-0.39, 0.29) is 23.9 Å². The number of hydrogen-bond acceptors (Lipinski definition) is 5. The highest BCUT2D eigenvalue weighted by Crippen LogP contribution is 2.38. The molecular formula is C28H25BrFN3O3. The van der Waals surface area contributed by atoms with E-state index in [0.717, 1.165) is 11.3 Å². The van der Waals surface area contributed by atoms with Crippen LogP contribution in [0.1, 0.15) is 11.1 Å². The second-order valence-electron chi connectivity index (χ2n) is 8.23. The van der Waals surface area contributed by atoms with Crippen LogP contribution in [0, 0.1) is 17.1 Å². The normalized spacial score (nSPS) is 13.8. The number of benzene rings is 3. The maximum Gasteiger partial charge on any atom is 0.264 e. The molecule has 8 heteroatoms. The van der Waals surface area contributed by atoms with Crippen LogP contribution in [0.3, 0.4) is 0 Å². The summed E-state index contributed by atoms with van der Waals surface area (Å²) in [4.78, 5) is 17.0. The van der Waals surface area contributed by atoms with Gasteiger partial charge >= 0.3 is 0 Å². The van der Waals surface area contributed by atoms with Crippen LogP contribution >= 0.6 is 15.9 Å². The molecular weight excluding hydrogens is 525 g/mol. The first-order valence-electron chi connectivity index (χ1n) is 11.4. The number of ether oxygens (including phenoxy) is 2. The zero-order valence-corrected chi connectivity index (χ0v) is 21.4. The quantitative estimate of drug-likeness (QED) is 0.290. The summed E-state index contributed by atoms with van der Waals surface area (Å²) in [7, 11) is 1.52. The highest BCUT2D eigenvalue weighted by atomic mass is 79.9. The minimum atomic E-state index is -0.311. The summed E-state index contributed by atoms with van der Waals surface area (Å²) in [5.74, 6) is 0.311. The van der Waals surface area contributed by atoms with Gasteiger partial charge in [-0.3, -0.25) is 4.79 Å². The molecule has 1 aliphatic heterocycles. The molecule has 0 aromatic heterocycles. The smallest absolute Gasteiger partial charge is 0.264 e. The van der Waals surface area contributed by atoms with Crippen molar-refractivity contribution in [2.45, 2.75) is 6.61 Å². The molecule has 1 amide bonds. The van der Waals surface area contributed by atoms with Crippen molar-refractivity contribution in [2.24, 2.45) is 0 Å². The first kappa shape index (κ1) is 25.3. The van der Waals surface area contributed by atoms with E-state index in [9.17, 15) is 14.4 Å². The predicted molar refractivity (Wildman–Crippen MR) is 140 cm³/mol. The van der Waals surface area contributed by atoms with Crippen molar-refractivity contribution in [1.29, 1.82) is 5.26 Å². The Kier molecular flexibility index (Phi) is 8.24. The topological polar surface area (TPSA) is 65.8 Å². The van der Waals surface area contributed by atoms with Gasteiger partial charge in [0.05, 0.1) is 11.6 Å².